The van der Waals surface area contributed by atoms with Gasteiger partial charge in [0.25, 0.3) is 0 Å². The van der Waals surface area contributed by atoms with Crippen molar-refractivity contribution >= 4 is 31.6 Å². The number of amidine groups is 1. The lowest BCUT2D eigenvalue weighted by atomic mass is 9.96. The van der Waals surface area contributed by atoms with Crippen molar-refractivity contribution in [2.24, 2.45) is 26.1 Å². The molecule has 1 aromatic heterocycles. The number of nitrogens with two attached hydrogens (primary N) is 3. The number of H-pyrrole nitrogens is 1. The van der Waals surface area contributed by atoms with E-state index in [2.05, 4.69) is 25.2 Å². The van der Waals surface area contributed by atoms with Gasteiger partial charge in [0.05, 0.1) is 28.6 Å². The van der Waals surface area contributed by atoms with E-state index in [4.69, 9.17) is 16.6 Å². The summed E-state index contributed by atoms with van der Waals surface area (Å²) in [6.07, 6.45) is 0.136. The molecule has 2 heterocycles. The molecule has 1 atom stereocenters. The van der Waals surface area contributed by atoms with Crippen LogP contribution in [0.15, 0.2) is 67.6 Å². The summed E-state index contributed by atoms with van der Waals surface area (Å²) in [4.78, 5) is 9.73. The number of sulfonamides is 1. The van der Waals surface area contributed by atoms with Gasteiger partial charge < -0.3 is 21.6 Å². The molecule has 0 radical (unpaired) electrons. The van der Waals surface area contributed by atoms with Gasteiger partial charge in [-0.05, 0) is 23.3 Å². The van der Waals surface area contributed by atoms with E-state index in [0.29, 0.717) is 22.4 Å². The number of hydrogen-bond acceptors (Lipinski definition) is 11. The fraction of sp³-hybridized carbons (Fsp3) is 0.200. The van der Waals surface area contributed by atoms with Gasteiger partial charge in [-0.1, -0.05) is 24.3 Å². The van der Waals surface area contributed by atoms with E-state index in [-0.39, 0.29) is 30.6 Å². The van der Waals surface area contributed by atoms with Crippen LogP contribution < -0.4 is 16.6 Å². The average Bonchev–Trinajstić information content (AvgIpc) is 3.49. The predicted octanol–water partition coefficient (Wildman–Crippen LogP) is 0.237. The second kappa shape index (κ2) is 9.27. The van der Waals surface area contributed by atoms with Crippen molar-refractivity contribution in [2.45, 2.75) is 15.9 Å². The second-order valence-electron chi connectivity index (χ2n) is 7.66. The largest absolute Gasteiger partial charge is 0.391 e. The smallest absolute Gasteiger partial charge is 0.240 e. The third kappa shape index (κ3) is 4.98. The third-order valence-electron chi connectivity index (χ3n) is 5.18. The molecule has 15 heteroatoms. The van der Waals surface area contributed by atoms with E-state index in [0.717, 1.165) is 6.07 Å². The summed E-state index contributed by atoms with van der Waals surface area (Å²) in [5.41, 5.74) is 13.0. The molecule has 4 rings (SSSR count). The molecule has 0 unspecified atom stereocenters. The zero-order chi connectivity index (χ0) is 25.4. The Hall–Kier alpha value is -3.50. The van der Waals surface area contributed by atoms with Gasteiger partial charge >= 0.3 is 0 Å². The van der Waals surface area contributed by atoms with Crippen LogP contribution in [0.25, 0.3) is 22.4 Å². The second-order valence-corrected chi connectivity index (χ2v) is 11.2. The molecule has 1 aliphatic heterocycles. The first-order valence-electron chi connectivity index (χ1n) is 10.2. The summed E-state index contributed by atoms with van der Waals surface area (Å²) in [5.74, 6) is -0.663. The van der Waals surface area contributed by atoms with Gasteiger partial charge in [0.15, 0.2) is 28.3 Å². The standard InChI is InChI=1S/C20H22N8O5S2/c21-7-13(29)9-34(30,31)16-5-4-14(17(18(16)35(23,32)33)19-25-10-26-28-19)11-2-1-3-12(6-11)15-8-24-20(22)27-15/h1-6,8,13,29H,7,9-10,21H2,(H3,22,24,27)(H2,23,32,33)/t13-/m0/s1. The molecule has 184 valence electrons. The van der Waals surface area contributed by atoms with Crippen LogP contribution in [-0.2, 0) is 19.9 Å². The van der Waals surface area contributed by atoms with Gasteiger partial charge in [0, 0.05) is 17.7 Å². The Bertz CT molecular complexity index is 1560. The number of nitrogens with one attached hydrogen (secondary N) is 1. The lowest BCUT2D eigenvalue weighted by Gasteiger charge is -2.18. The number of nitrogens with zero attached hydrogens (tertiary/aromatic N) is 4. The summed E-state index contributed by atoms with van der Waals surface area (Å²) in [7, 11) is -8.95. The molecular weight excluding hydrogens is 496 g/mol. The lowest BCUT2D eigenvalue weighted by molar-refractivity contribution is 0.205. The number of anilines is 1. The van der Waals surface area contributed by atoms with Crippen molar-refractivity contribution in [2.75, 3.05) is 24.7 Å². The van der Waals surface area contributed by atoms with Crippen molar-refractivity contribution in [1.82, 2.24) is 9.97 Å². The van der Waals surface area contributed by atoms with Crippen LogP contribution in [0.3, 0.4) is 0 Å². The van der Waals surface area contributed by atoms with Crippen molar-refractivity contribution in [3.8, 4) is 22.4 Å². The molecule has 2 aromatic carbocycles. The van der Waals surface area contributed by atoms with Crippen molar-refractivity contribution in [3.05, 3.63) is 48.2 Å². The highest BCUT2D eigenvalue weighted by Crippen LogP contribution is 2.36. The number of aromatic amines is 1. The first-order valence-corrected chi connectivity index (χ1v) is 13.4. The number of sulfone groups is 1. The molecule has 35 heavy (non-hydrogen) atoms. The average molecular weight is 519 g/mol. The zero-order valence-electron chi connectivity index (χ0n) is 18.2. The Morgan fingerprint density at radius 1 is 1.11 bits per heavy atom. The van der Waals surface area contributed by atoms with Crippen molar-refractivity contribution in [3.63, 3.8) is 0 Å². The molecular formula is C20H22N8O5S2. The number of hydrogen-bond donors (Lipinski definition) is 5. The molecule has 0 amide bonds. The molecule has 1 aliphatic rings. The minimum absolute atomic E-state index is 0.0604. The summed E-state index contributed by atoms with van der Waals surface area (Å²) in [6.45, 7) is -0.393. The highest BCUT2D eigenvalue weighted by molar-refractivity contribution is 7.93. The fourth-order valence-electron chi connectivity index (χ4n) is 3.66. The van der Waals surface area contributed by atoms with Crippen LogP contribution in [0.1, 0.15) is 5.56 Å². The Balaban J connectivity index is 2.01. The summed E-state index contributed by atoms with van der Waals surface area (Å²) < 4.78 is 51.7. The summed E-state index contributed by atoms with van der Waals surface area (Å²) in [6, 6.07) is 9.51. The number of benzene rings is 2. The van der Waals surface area contributed by atoms with Crippen LogP contribution >= 0.6 is 0 Å². The molecule has 13 nitrogen and oxygen atoms in total. The molecule has 0 saturated heterocycles. The highest BCUT2D eigenvalue weighted by Gasteiger charge is 2.33. The van der Waals surface area contributed by atoms with Gasteiger partial charge in [0.2, 0.25) is 10.0 Å². The summed E-state index contributed by atoms with van der Waals surface area (Å²) in [5, 5.41) is 23.0. The minimum atomic E-state index is -4.62. The number of aliphatic hydroxyl groups is 1. The lowest BCUT2D eigenvalue weighted by Crippen LogP contribution is -2.30. The van der Waals surface area contributed by atoms with Gasteiger partial charge in [-0.3, -0.25) is 0 Å². The molecule has 0 bridgehead atoms. The van der Waals surface area contributed by atoms with E-state index in [1.54, 1.807) is 30.5 Å². The van der Waals surface area contributed by atoms with Crippen molar-refractivity contribution in [1.29, 1.82) is 0 Å². The Morgan fingerprint density at radius 3 is 2.46 bits per heavy atom. The maximum absolute atomic E-state index is 13.1. The molecule has 0 saturated carbocycles. The van der Waals surface area contributed by atoms with E-state index in [1.807, 2.05) is 0 Å². The van der Waals surface area contributed by atoms with Gasteiger partial charge in [-0.25, -0.2) is 32.0 Å². The third-order valence-corrected chi connectivity index (χ3v) is 8.13. The quantitative estimate of drug-likeness (QED) is 0.276. The molecule has 0 fully saturated rings. The minimum Gasteiger partial charge on any atom is -0.391 e. The first-order chi connectivity index (χ1) is 16.5. The number of aliphatic imine (C=N–C) groups is 1. The number of primary sulfonamides is 1. The number of nitrogen functional groups attached to an aromatic ring is 1. The predicted molar refractivity (Wildman–Crippen MR) is 129 cm³/mol. The van der Waals surface area contributed by atoms with Crippen LogP contribution in [0, 0.1) is 0 Å². The number of aromatic nitrogens is 2. The van der Waals surface area contributed by atoms with E-state index >= 15 is 0 Å². The maximum atomic E-state index is 13.1. The number of imidazole rings is 1. The van der Waals surface area contributed by atoms with Crippen LogP contribution in [0.2, 0.25) is 0 Å². The van der Waals surface area contributed by atoms with Crippen LogP contribution in [0.5, 0.6) is 0 Å². The maximum Gasteiger partial charge on any atom is 0.240 e. The SMILES string of the molecule is NC[C@H](O)CS(=O)(=O)c1ccc(-c2cccc(-c3cnc(N)[nH]3)c2)c(C2=NCN=N2)c1S(N)(=O)=O. The van der Waals surface area contributed by atoms with E-state index in [1.165, 1.54) is 6.07 Å². The van der Waals surface area contributed by atoms with E-state index in [9.17, 15) is 21.9 Å². The Kier molecular flexibility index (Phi) is 6.52. The summed E-state index contributed by atoms with van der Waals surface area (Å²) >= 11 is 0. The zero-order valence-corrected chi connectivity index (χ0v) is 19.8. The van der Waals surface area contributed by atoms with Crippen LogP contribution in [0.4, 0.5) is 5.95 Å². The molecule has 0 aliphatic carbocycles. The monoisotopic (exact) mass is 518 g/mol. The molecule has 3 aromatic rings. The number of aliphatic hydroxyl groups excluding tert-OH is 1. The topological polar surface area (TPSA) is 232 Å². The fourth-order valence-corrected chi connectivity index (χ4v) is 6.71. The Morgan fingerprint density at radius 2 is 1.86 bits per heavy atom. The Labute approximate surface area is 200 Å². The van der Waals surface area contributed by atoms with Crippen LogP contribution in [-0.4, -0.2) is 62.8 Å². The first kappa shape index (κ1) is 24.6. The molecule has 0 spiro atoms. The normalized spacial score (nSPS) is 14.8. The van der Waals surface area contributed by atoms with E-state index < -0.39 is 41.5 Å². The molecule has 8 N–H and O–H groups in total. The van der Waals surface area contributed by atoms with Gasteiger partial charge in [0.1, 0.15) is 4.90 Å². The van der Waals surface area contributed by atoms with Gasteiger partial charge in [-0.2, -0.15) is 5.11 Å². The van der Waals surface area contributed by atoms with Crippen molar-refractivity contribution < 1.29 is 21.9 Å². The van der Waals surface area contributed by atoms with Gasteiger partial charge in [-0.15, -0.1) is 5.11 Å². The number of rotatable bonds is 8. The number of azo groups is 1. The highest BCUT2D eigenvalue weighted by atomic mass is 32.2.